The quantitative estimate of drug-likeness (QED) is 0.864. The predicted octanol–water partition coefficient (Wildman–Crippen LogP) is 3.08. The Morgan fingerprint density at radius 2 is 2.05 bits per heavy atom. The summed E-state index contributed by atoms with van der Waals surface area (Å²) in [5, 5.41) is 3.65. The van der Waals surface area contributed by atoms with Crippen LogP contribution in [0, 0.1) is 5.92 Å². The van der Waals surface area contributed by atoms with E-state index in [4.69, 9.17) is 4.74 Å². The van der Waals surface area contributed by atoms with Crippen LogP contribution in [0.2, 0.25) is 0 Å². The van der Waals surface area contributed by atoms with Crippen molar-refractivity contribution in [3.8, 4) is 5.75 Å². The highest BCUT2D eigenvalue weighted by molar-refractivity contribution is 5.30. The van der Waals surface area contributed by atoms with Crippen LogP contribution < -0.4 is 10.1 Å². The van der Waals surface area contributed by atoms with Crippen molar-refractivity contribution in [2.75, 3.05) is 26.7 Å². The van der Waals surface area contributed by atoms with Gasteiger partial charge in [-0.3, -0.25) is 4.90 Å². The highest BCUT2D eigenvalue weighted by Gasteiger charge is 2.28. The summed E-state index contributed by atoms with van der Waals surface area (Å²) < 4.78 is 5.25. The number of nitrogens with zero attached hydrogens (tertiary/aromatic N) is 1. The second kappa shape index (κ2) is 7.09. The van der Waals surface area contributed by atoms with E-state index >= 15 is 0 Å². The smallest absolute Gasteiger partial charge is 0.118 e. The summed E-state index contributed by atoms with van der Waals surface area (Å²) in [6, 6.07) is 9.38. The van der Waals surface area contributed by atoms with Crippen molar-refractivity contribution in [1.82, 2.24) is 10.2 Å². The second-order valence-corrected chi connectivity index (χ2v) is 5.94. The molecule has 3 nitrogen and oxygen atoms in total. The van der Waals surface area contributed by atoms with E-state index < -0.39 is 0 Å². The zero-order valence-electron chi connectivity index (χ0n) is 13.2. The van der Waals surface area contributed by atoms with Crippen molar-refractivity contribution < 1.29 is 4.74 Å². The minimum atomic E-state index is 0.385. The molecule has 0 radical (unpaired) electrons. The lowest BCUT2D eigenvalue weighted by Crippen LogP contribution is -2.41. The topological polar surface area (TPSA) is 24.5 Å². The molecule has 112 valence electrons. The Morgan fingerprint density at radius 1 is 1.35 bits per heavy atom. The average Bonchev–Trinajstić information content (AvgIpc) is 2.91. The number of likely N-dealkylation sites (tertiary alicyclic amines) is 1. The molecule has 1 aliphatic rings. The van der Waals surface area contributed by atoms with Crippen LogP contribution >= 0.6 is 0 Å². The maximum Gasteiger partial charge on any atom is 0.118 e. The third-order valence-corrected chi connectivity index (χ3v) is 4.41. The van der Waals surface area contributed by atoms with Gasteiger partial charge in [0.1, 0.15) is 5.75 Å². The first-order valence-electron chi connectivity index (χ1n) is 7.77. The molecule has 0 aliphatic carbocycles. The zero-order valence-corrected chi connectivity index (χ0v) is 13.2. The molecule has 3 atom stereocenters. The SMILES string of the molecule is CCNC(c1ccc(OC)cc1)C(C)N1CCC(C)C1. The highest BCUT2D eigenvalue weighted by Crippen LogP contribution is 2.27. The summed E-state index contributed by atoms with van der Waals surface area (Å²) in [7, 11) is 1.71. The van der Waals surface area contributed by atoms with Gasteiger partial charge in [0.25, 0.3) is 0 Å². The molecule has 0 bridgehead atoms. The van der Waals surface area contributed by atoms with E-state index in [1.165, 1.54) is 25.1 Å². The lowest BCUT2D eigenvalue weighted by atomic mass is 9.99. The molecule has 0 aromatic heterocycles. The van der Waals surface area contributed by atoms with Gasteiger partial charge in [-0.05, 0) is 50.0 Å². The molecule has 20 heavy (non-hydrogen) atoms. The average molecular weight is 276 g/mol. The lowest BCUT2D eigenvalue weighted by molar-refractivity contribution is 0.202. The van der Waals surface area contributed by atoms with Gasteiger partial charge in [0.2, 0.25) is 0 Å². The molecule has 3 unspecified atom stereocenters. The number of hydrogen-bond donors (Lipinski definition) is 1. The number of rotatable bonds is 6. The van der Waals surface area contributed by atoms with E-state index in [0.717, 1.165) is 18.2 Å². The largest absolute Gasteiger partial charge is 0.497 e. The number of likely N-dealkylation sites (N-methyl/N-ethyl adjacent to an activating group) is 1. The number of hydrogen-bond acceptors (Lipinski definition) is 3. The summed E-state index contributed by atoms with van der Waals surface area (Å²) in [6.45, 7) is 10.3. The van der Waals surface area contributed by atoms with Gasteiger partial charge in [-0.1, -0.05) is 26.0 Å². The molecule has 1 aromatic rings. The molecule has 1 fully saturated rings. The normalized spacial score (nSPS) is 22.7. The van der Waals surface area contributed by atoms with Crippen molar-refractivity contribution in [3.05, 3.63) is 29.8 Å². The van der Waals surface area contributed by atoms with Gasteiger partial charge in [0.15, 0.2) is 0 Å². The van der Waals surface area contributed by atoms with E-state index in [9.17, 15) is 0 Å². The van der Waals surface area contributed by atoms with Gasteiger partial charge in [0, 0.05) is 18.6 Å². The molecular formula is C17H28N2O. The van der Waals surface area contributed by atoms with Crippen molar-refractivity contribution in [2.45, 2.75) is 39.3 Å². The third kappa shape index (κ3) is 3.53. The molecule has 0 spiro atoms. The Kier molecular flexibility index (Phi) is 5.44. The van der Waals surface area contributed by atoms with Crippen LogP contribution in [-0.2, 0) is 0 Å². The first kappa shape index (κ1) is 15.3. The highest BCUT2D eigenvalue weighted by atomic mass is 16.5. The van der Waals surface area contributed by atoms with E-state index in [1.807, 2.05) is 0 Å². The standard InChI is InChI=1S/C17H28N2O/c1-5-18-17(14(3)19-11-10-13(2)12-19)15-6-8-16(20-4)9-7-15/h6-9,13-14,17-18H,5,10-12H2,1-4H3. The fraction of sp³-hybridized carbons (Fsp3) is 0.647. The molecule has 1 saturated heterocycles. The van der Waals surface area contributed by atoms with E-state index in [0.29, 0.717) is 12.1 Å². The van der Waals surface area contributed by atoms with Gasteiger partial charge in [-0.2, -0.15) is 0 Å². The predicted molar refractivity (Wildman–Crippen MR) is 84.2 cm³/mol. The number of nitrogens with one attached hydrogen (secondary N) is 1. The molecule has 2 rings (SSSR count). The summed E-state index contributed by atoms with van der Waals surface area (Å²) in [4.78, 5) is 2.61. The van der Waals surface area contributed by atoms with Crippen molar-refractivity contribution >= 4 is 0 Å². The molecular weight excluding hydrogens is 248 g/mol. The minimum absolute atomic E-state index is 0.385. The summed E-state index contributed by atoms with van der Waals surface area (Å²) >= 11 is 0. The van der Waals surface area contributed by atoms with Crippen molar-refractivity contribution in [3.63, 3.8) is 0 Å². The molecule has 1 N–H and O–H groups in total. The van der Waals surface area contributed by atoms with Crippen LogP contribution in [-0.4, -0.2) is 37.7 Å². The van der Waals surface area contributed by atoms with Gasteiger partial charge < -0.3 is 10.1 Å². The lowest BCUT2D eigenvalue weighted by Gasteiger charge is -2.33. The van der Waals surface area contributed by atoms with Gasteiger partial charge in [0.05, 0.1) is 7.11 Å². The number of methoxy groups -OCH3 is 1. The fourth-order valence-corrected chi connectivity index (χ4v) is 3.15. The van der Waals surface area contributed by atoms with Crippen molar-refractivity contribution in [2.24, 2.45) is 5.92 Å². The Bertz CT molecular complexity index is 404. The Labute approximate surface area is 123 Å². The Morgan fingerprint density at radius 3 is 2.55 bits per heavy atom. The van der Waals surface area contributed by atoms with Gasteiger partial charge in [-0.25, -0.2) is 0 Å². The number of benzene rings is 1. The third-order valence-electron chi connectivity index (χ3n) is 4.41. The van der Waals surface area contributed by atoms with Crippen LogP contribution in [0.15, 0.2) is 24.3 Å². The summed E-state index contributed by atoms with van der Waals surface area (Å²) in [5.74, 6) is 1.75. The molecule has 1 aromatic carbocycles. The maximum absolute atomic E-state index is 5.25. The first-order valence-corrected chi connectivity index (χ1v) is 7.77. The van der Waals surface area contributed by atoms with Gasteiger partial charge >= 0.3 is 0 Å². The number of ether oxygens (including phenoxy) is 1. The van der Waals surface area contributed by atoms with Crippen LogP contribution in [0.5, 0.6) is 5.75 Å². The van der Waals surface area contributed by atoms with Crippen LogP contribution in [0.1, 0.15) is 38.8 Å². The first-order chi connectivity index (χ1) is 9.65. The maximum atomic E-state index is 5.25. The van der Waals surface area contributed by atoms with Gasteiger partial charge in [-0.15, -0.1) is 0 Å². The Hall–Kier alpha value is -1.06. The summed E-state index contributed by atoms with van der Waals surface area (Å²) in [6.07, 6.45) is 1.33. The van der Waals surface area contributed by atoms with Crippen molar-refractivity contribution in [1.29, 1.82) is 0 Å². The molecule has 3 heteroatoms. The molecule has 1 heterocycles. The fourth-order valence-electron chi connectivity index (χ4n) is 3.15. The monoisotopic (exact) mass is 276 g/mol. The molecule has 0 amide bonds. The Balaban J connectivity index is 2.12. The van der Waals surface area contributed by atoms with E-state index in [2.05, 4.69) is 55.3 Å². The molecule has 0 saturated carbocycles. The minimum Gasteiger partial charge on any atom is -0.497 e. The zero-order chi connectivity index (χ0) is 14.5. The van der Waals surface area contributed by atoms with Crippen LogP contribution in [0.25, 0.3) is 0 Å². The van der Waals surface area contributed by atoms with E-state index in [1.54, 1.807) is 7.11 Å². The van der Waals surface area contributed by atoms with Crippen LogP contribution in [0.4, 0.5) is 0 Å². The van der Waals surface area contributed by atoms with E-state index in [-0.39, 0.29) is 0 Å². The second-order valence-electron chi connectivity index (χ2n) is 5.94. The van der Waals surface area contributed by atoms with Crippen LogP contribution in [0.3, 0.4) is 0 Å². The summed E-state index contributed by atoms with van der Waals surface area (Å²) in [5.41, 5.74) is 1.35. The molecule has 1 aliphatic heterocycles.